The van der Waals surface area contributed by atoms with Gasteiger partial charge in [-0.15, -0.1) is 0 Å². The fraction of sp³-hybridized carbons (Fsp3) is 0.0769. The fourth-order valence-corrected chi connectivity index (χ4v) is 2.08. The van der Waals surface area contributed by atoms with Crippen molar-refractivity contribution in [2.24, 2.45) is 0 Å². The van der Waals surface area contributed by atoms with E-state index in [1.165, 1.54) is 0 Å². The van der Waals surface area contributed by atoms with E-state index in [9.17, 15) is 0 Å². The molecule has 19 heavy (non-hydrogen) atoms. The molecule has 2 aromatic heterocycles. The zero-order valence-corrected chi connectivity index (χ0v) is 10.3. The monoisotopic (exact) mass is 255 g/mol. The molecule has 4 N–H and O–H groups in total. The molecule has 96 valence electrons. The Morgan fingerprint density at radius 1 is 1.26 bits per heavy atom. The number of anilines is 1. The van der Waals surface area contributed by atoms with Gasteiger partial charge in [-0.25, -0.2) is 0 Å². The first-order valence-corrected chi connectivity index (χ1v) is 5.77. The Kier molecular flexibility index (Phi) is 2.68. The molecular formula is C13H13N5O. The van der Waals surface area contributed by atoms with Gasteiger partial charge in [-0.2, -0.15) is 10.2 Å². The lowest BCUT2D eigenvalue weighted by Crippen LogP contribution is -1.92. The normalized spacial score (nSPS) is 10.6. The van der Waals surface area contributed by atoms with Crippen molar-refractivity contribution in [3.8, 4) is 28.1 Å². The Bertz CT molecular complexity index is 687. The second-order valence-corrected chi connectivity index (χ2v) is 4.05. The predicted molar refractivity (Wildman–Crippen MR) is 72.6 cm³/mol. The Hall–Kier alpha value is -2.76. The van der Waals surface area contributed by atoms with Gasteiger partial charge in [-0.05, 0) is 6.07 Å². The first kappa shape index (κ1) is 11.3. The molecule has 0 atom stereocenters. The minimum Gasteiger partial charge on any atom is -0.496 e. The average molecular weight is 255 g/mol. The average Bonchev–Trinajstić information content (AvgIpc) is 3.07. The largest absolute Gasteiger partial charge is 0.496 e. The van der Waals surface area contributed by atoms with Crippen LogP contribution in [0.5, 0.6) is 5.75 Å². The Morgan fingerprint density at radius 2 is 2.11 bits per heavy atom. The van der Waals surface area contributed by atoms with Gasteiger partial charge < -0.3 is 10.5 Å². The van der Waals surface area contributed by atoms with E-state index in [0.717, 1.165) is 28.1 Å². The standard InChI is InChI=1S/C13H13N5O/c1-19-10-5-3-2-4-9(10)11-12(17-18-13(11)14)8-6-15-16-7-8/h2-7H,1H3,(H,15,16)(H3,14,17,18). The van der Waals surface area contributed by atoms with Gasteiger partial charge in [0.05, 0.1) is 24.6 Å². The number of hydrogen-bond acceptors (Lipinski definition) is 4. The zero-order chi connectivity index (χ0) is 13.2. The van der Waals surface area contributed by atoms with Crippen LogP contribution in [-0.4, -0.2) is 27.5 Å². The van der Waals surface area contributed by atoms with Crippen molar-refractivity contribution in [1.82, 2.24) is 20.4 Å². The number of benzene rings is 1. The van der Waals surface area contributed by atoms with E-state index in [0.29, 0.717) is 5.82 Å². The summed E-state index contributed by atoms with van der Waals surface area (Å²) in [5.41, 5.74) is 9.40. The quantitative estimate of drug-likeness (QED) is 0.667. The molecular weight excluding hydrogens is 242 g/mol. The molecule has 0 saturated carbocycles. The number of nitrogens with zero attached hydrogens (tertiary/aromatic N) is 2. The van der Waals surface area contributed by atoms with E-state index < -0.39 is 0 Å². The number of nitrogens with one attached hydrogen (secondary N) is 2. The summed E-state index contributed by atoms with van der Waals surface area (Å²) in [5.74, 6) is 1.18. The van der Waals surface area contributed by atoms with Crippen molar-refractivity contribution in [3.63, 3.8) is 0 Å². The van der Waals surface area contributed by atoms with Gasteiger partial charge >= 0.3 is 0 Å². The van der Waals surface area contributed by atoms with Crippen molar-refractivity contribution in [1.29, 1.82) is 0 Å². The fourth-order valence-electron chi connectivity index (χ4n) is 2.08. The molecule has 0 amide bonds. The van der Waals surface area contributed by atoms with E-state index >= 15 is 0 Å². The summed E-state index contributed by atoms with van der Waals surface area (Å²) in [4.78, 5) is 0. The summed E-state index contributed by atoms with van der Waals surface area (Å²) in [5, 5.41) is 13.7. The van der Waals surface area contributed by atoms with Gasteiger partial charge in [-0.1, -0.05) is 18.2 Å². The van der Waals surface area contributed by atoms with Gasteiger partial charge in [0, 0.05) is 17.3 Å². The molecule has 1 aromatic carbocycles. The molecule has 3 rings (SSSR count). The lowest BCUT2D eigenvalue weighted by Gasteiger charge is -2.08. The smallest absolute Gasteiger partial charge is 0.153 e. The summed E-state index contributed by atoms with van der Waals surface area (Å²) in [6.45, 7) is 0. The predicted octanol–water partition coefficient (Wildman–Crippen LogP) is 2.06. The van der Waals surface area contributed by atoms with E-state index in [4.69, 9.17) is 10.5 Å². The van der Waals surface area contributed by atoms with Crippen LogP contribution in [0.25, 0.3) is 22.4 Å². The summed E-state index contributed by atoms with van der Waals surface area (Å²) >= 11 is 0. The minimum absolute atomic E-state index is 0.431. The van der Waals surface area contributed by atoms with Gasteiger partial charge in [0.2, 0.25) is 0 Å². The van der Waals surface area contributed by atoms with Crippen molar-refractivity contribution >= 4 is 5.82 Å². The van der Waals surface area contributed by atoms with E-state index in [1.807, 2.05) is 24.3 Å². The number of rotatable bonds is 3. The molecule has 0 aliphatic carbocycles. The Morgan fingerprint density at radius 3 is 2.84 bits per heavy atom. The second kappa shape index (κ2) is 4.49. The highest BCUT2D eigenvalue weighted by molar-refractivity contribution is 5.89. The maximum Gasteiger partial charge on any atom is 0.153 e. The second-order valence-electron chi connectivity index (χ2n) is 4.05. The molecule has 0 spiro atoms. The molecule has 0 aliphatic heterocycles. The highest BCUT2D eigenvalue weighted by Gasteiger charge is 2.18. The van der Waals surface area contributed by atoms with E-state index in [2.05, 4.69) is 20.4 Å². The third-order valence-corrected chi connectivity index (χ3v) is 2.96. The molecule has 0 fully saturated rings. The number of aromatic amines is 2. The number of nitrogen functional groups attached to an aromatic ring is 1. The van der Waals surface area contributed by atoms with Gasteiger partial charge in [0.25, 0.3) is 0 Å². The van der Waals surface area contributed by atoms with Gasteiger partial charge in [-0.3, -0.25) is 10.2 Å². The summed E-state index contributed by atoms with van der Waals surface area (Å²) in [6.07, 6.45) is 3.50. The third kappa shape index (κ3) is 1.83. The number of nitrogens with two attached hydrogens (primary N) is 1. The first-order valence-electron chi connectivity index (χ1n) is 5.77. The maximum atomic E-state index is 5.97. The number of hydrogen-bond donors (Lipinski definition) is 3. The van der Waals surface area contributed by atoms with Crippen LogP contribution in [0.1, 0.15) is 0 Å². The summed E-state index contributed by atoms with van der Waals surface area (Å²) < 4.78 is 5.38. The molecule has 3 aromatic rings. The zero-order valence-electron chi connectivity index (χ0n) is 10.3. The molecule has 6 nitrogen and oxygen atoms in total. The van der Waals surface area contributed by atoms with Crippen LogP contribution in [0.15, 0.2) is 36.7 Å². The van der Waals surface area contributed by atoms with Gasteiger partial charge in [0.15, 0.2) is 5.82 Å². The molecule has 0 saturated heterocycles. The van der Waals surface area contributed by atoms with Crippen LogP contribution < -0.4 is 10.5 Å². The number of ether oxygens (including phenoxy) is 1. The van der Waals surface area contributed by atoms with E-state index in [-0.39, 0.29) is 0 Å². The highest BCUT2D eigenvalue weighted by atomic mass is 16.5. The number of H-pyrrole nitrogens is 2. The summed E-state index contributed by atoms with van der Waals surface area (Å²) in [6, 6.07) is 7.68. The molecule has 0 unspecified atom stereocenters. The van der Waals surface area contributed by atoms with Crippen LogP contribution in [0.2, 0.25) is 0 Å². The number of aromatic nitrogens is 4. The lowest BCUT2D eigenvalue weighted by atomic mass is 10.0. The highest BCUT2D eigenvalue weighted by Crippen LogP contribution is 2.38. The lowest BCUT2D eigenvalue weighted by molar-refractivity contribution is 0.416. The van der Waals surface area contributed by atoms with Crippen LogP contribution in [0.4, 0.5) is 5.82 Å². The van der Waals surface area contributed by atoms with E-state index in [1.54, 1.807) is 19.5 Å². The molecule has 0 radical (unpaired) electrons. The topological polar surface area (TPSA) is 92.6 Å². The maximum absolute atomic E-state index is 5.97. The van der Waals surface area contributed by atoms with Crippen LogP contribution >= 0.6 is 0 Å². The first-order chi connectivity index (χ1) is 9.31. The number of para-hydroxylation sites is 1. The third-order valence-electron chi connectivity index (χ3n) is 2.96. The molecule has 2 heterocycles. The van der Waals surface area contributed by atoms with Crippen LogP contribution in [0, 0.1) is 0 Å². The SMILES string of the molecule is COc1ccccc1-c1c(N)n[nH]c1-c1cn[nH]c1. The Labute approximate surface area is 109 Å². The van der Waals surface area contributed by atoms with Crippen LogP contribution in [0.3, 0.4) is 0 Å². The Balaban J connectivity index is 2.23. The van der Waals surface area contributed by atoms with Crippen molar-refractivity contribution in [2.75, 3.05) is 12.8 Å². The van der Waals surface area contributed by atoms with Gasteiger partial charge in [0.1, 0.15) is 5.75 Å². The molecule has 0 aliphatic rings. The van der Waals surface area contributed by atoms with Crippen molar-refractivity contribution < 1.29 is 4.74 Å². The minimum atomic E-state index is 0.431. The summed E-state index contributed by atoms with van der Waals surface area (Å²) in [7, 11) is 1.63. The molecule has 6 heteroatoms. The van der Waals surface area contributed by atoms with Crippen molar-refractivity contribution in [2.45, 2.75) is 0 Å². The number of methoxy groups -OCH3 is 1. The molecule has 0 bridgehead atoms. The van der Waals surface area contributed by atoms with Crippen LogP contribution in [-0.2, 0) is 0 Å². The van der Waals surface area contributed by atoms with Crippen molar-refractivity contribution in [3.05, 3.63) is 36.7 Å².